The third-order valence-electron chi connectivity index (χ3n) is 9.38. The van der Waals surface area contributed by atoms with E-state index >= 15 is 0 Å². The first-order chi connectivity index (χ1) is 18.7. The van der Waals surface area contributed by atoms with Crippen LogP contribution < -0.4 is 5.56 Å². The van der Waals surface area contributed by atoms with Crippen molar-refractivity contribution in [2.75, 3.05) is 0 Å². The second-order valence-electron chi connectivity index (χ2n) is 11.5. The van der Waals surface area contributed by atoms with E-state index in [-0.39, 0.29) is 16.3 Å². The van der Waals surface area contributed by atoms with Crippen molar-refractivity contribution in [2.45, 2.75) is 81.6 Å². The molecule has 0 amide bonds. The molecule has 0 radical (unpaired) electrons. The molecule has 1 N–H and O–H groups in total. The molecule has 7 rings (SSSR count). The normalized spacial score (nSPS) is 22.9. The lowest BCUT2D eigenvalue weighted by Crippen LogP contribution is -2.39. The second-order valence-corrected chi connectivity index (χ2v) is 11.5. The molecule has 1 aliphatic carbocycles. The molecule has 4 aromatic rings. The van der Waals surface area contributed by atoms with Crippen molar-refractivity contribution in [3.63, 3.8) is 0 Å². The minimum atomic E-state index is -4.61. The molecule has 3 aromatic heterocycles. The van der Waals surface area contributed by atoms with Gasteiger partial charge in [-0.25, -0.2) is 0 Å². The molecule has 2 bridgehead atoms. The molecule has 0 spiro atoms. The van der Waals surface area contributed by atoms with E-state index in [2.05, 4.69) is 20.1 Å². The minimum absolute atomic E-state index is 0.00115. The van der Waals surface area contributed by atoms with Crippen molar-refractivity contribution >= 4 is 10.9 Å². The van der Waals surface area contributed by atoms with Gasteiger partial charge in [-0.05, 0) is 62.3 Å². The van der Waals surface area contributed by atoms with Crippen molar-refractivity contribution in [2.24, 2.45) is 7.05 Å². The minimum Gasteiger partial charge on any atom is -0.353 e. The Bertz CT molecular complexity index is 1600. The summed E-state index contributed by atoms with van der Waals surface area (Å²) in [7, 11) is 1.89. The quantitative estimate of drug-likeness (QED) is 0.368. The number of rotatable bonds is 5. The number of alkyl halides is 3. The Morgan fingerprint density at radius 2 is 1.85 bits per heavy atom. The Hall–Kier alpha value is -3.40. The predicted molar refractivity (Wildman–Crippen MR) is 141 cm³/mol. The number of fused-ring (bicyclic) bond motifs is 3. The maximum absolute atomic E-state index is 14.4. The van der Waals surface area contributed by atoms with E-state index in [1.165, 1.54) is 12.5 Å². The number of nitrogens with zero attached hydrogens (tertiary/aromatic N) is 5. The van der Waals surface area contributed by atoms with Crippen LogP contribution >= 0.6 is 0 Å². The average molecular weight is 537 g/mol. The van der Waals surface area contributed by atoms with Gasteiger partial charge >= 0.3 is 6.18 Å². The number of hydrogen-bond donors (Lipinski definition) is 1. The van der Waals surface area contributed by atoms with Gasteiger partial charge in [0, 0.05) is 48.6 Å². The summed E-state index contributed by atoms with van der Waals surface area (Å²) < 4.78 is 46.1. The summed E-state index contributed by atoms with van der Waals surface area (Å²) in [5.74, 6) is 0.824. The summed E-state index contributed by atoms with van der Waals surface area (Å²) in [6, 6.07) is 9.77. The molecule has 5 heterocycles. The van der Waals surface area contributed by atoms with E-state index in [9.17, 15) is 18.0 Å². The molecule has 1 saturated carbocycles. The van der Waals surface area contributed by atoms with Gasteiger partial charge in [0.2, 0.25) is 0 Å². The zero-order chi connectivity index (χ0) is 26.9. The van der Waals surface area contributed by atoms with Crippen molar-refractivity contribution in [1.82, 2.24) is 29.2 Å². The van der Waals surface area contributed by atoms with Crippen LogP contribution in [0.4, 0.5) is 13.2 Å². The molecule has 3 aliphatic rings. The highest BCUT2D eigenvalue weighted by molar-refractivity contribution is 5.84. The highest BCUT2D eigenvalue weighted by Gasteiger charge is 2.44. The number of aryl methyl sites for hydroxylation is 1. The molecule has 39 heavy (non-hydrogen) atoms. The molecule has 3 fully saturated rings. The number of pyridine rings is 1. The van der Waals surface area contributed by atoms with E-state index < -0.39 is 17.3 Å². The van der Waals surface area contributed by atoms with E-state index in [0.717, 1.165) is 67.1 Å². The Morgan fingerprint density at radius 1 is 1.08 bits per heavy atom. The van der Waals surface area contributed by atoms with E-state index in [1.54, 1.807) is 18.5 Å². The van der Waals surface area contributed by atoms with Gasteiger partial charge in [0.25, 0.3) is 5.56 Å². The van der Waals surface area contributed by atoms with Crippen molar-refractivity contribution in [3.05, 3.63) is 75.9 Å². The number of nitrogens with one attached hydrogen (secondary N) is 1. The lowest BCUT2D eigenvalue weighted by atomic mass is 9.63. The van der Waals surface area contributed by atoms with Gasteiger partial charge in [-0.3, -0.25) is 14.3 Å². The highest BCUT2D eigenvalue weighted by Crippen LogP contribution is 2.48. The zero-order valence-corrected chi connectivity index (χ0v) is 21.8. The average Bonchev–Trinajstić information content (AvgIpc) is 3.54. The molecule has 2 aliphatic heterocycles. The number of aromatic amines is 1. The van der Waals surface area contributed by atoms with Gasteiger partial charge in [-0.2, -0.15) is 13.2 Å². The molecule has 10 heteroatoms. The Balaban J connectivity index is 1.33. The highest BCUT2D eigenvalue weighted by atomic mass is 19.4. The first kappa shape index (κ1) is 24.6. The van der Waals surface area contributed by atoms with Crippen molar-refractivity contribution in [1.29, 1.82) is 0 Å². The lowest BCUT2D eigenvalue weighted by molar-refractivity contribution is -0.136. The van der Waals surface area contributed by atoms with E-state index in [4.69, 9.17) is 0 Å². The number of hydrogen-bond acceptors (Lipinski definition) is 4. The van der Waals surface area contributed by atoms with Crippen LogP contribution in [0.25, 0.3) is 16.6 Å². The smallest absolute Gasteiger partial charge is 0.353 e. The van der Waals surface area contributed by atoms with Gasteiger partial charge < -0.3 is 9.55 Å². The summed E-state index contributed by atoms with van der Waals surface area (Å²) in [6.45, 7) is 0.538. The predicted octanol–water partition coefficient (Wildman–Crippen LogP) is 5.45. The summed E-state index contributed by atoms with van der Waals surface area (Å²) in [4.78, 5) is 19.2. The fraction of sp³-hybridized carbons (Fsp3) is 0.483. The number of aromatic nitrogens is 5. The van der Waals surface area contributed by atoms with Gasteiger partial charge in [-0.1, -0.05) is 25.0 Å². The number of piperidine rings is 1. The molecule has 204 valence electrons. The maximum Gasteiger partial charge on any atom is 0.418 e. The first-order valence-corrected chi connectivity index (χ1v) is 13.8. The van der Waals surface area contributed by atoms with Crippen LogP contribution in [0.3, 0.4) is 0 Å². The molecule has 2 atom stereocenters. The van der Waals surface area contributed by atoms with E-state index in [1.807, 2.05) is 23.7 Å². The fourth-order valence-electron chi connectivity index (χ4n) is 7.29. The summed E-state index contributed by atoms with van der Waals surface area (Å²) in [5.41, 5.74) is 0.339. The topological polar surface area (TPSA) is 71.7 Å². The van der Waals surface area contributed by atoms with Crippen LogP contribution in [0.15, 0.2) is 47.7 Å². The van der Waals surface area contributed by atoms with Crippen LogP contribution in [-0.2, 0) is 25.2 Å². The molecule has 1 aromatic carbocycles. The maximum atomic E-state index is 14.4. The number of benzene rings is 1. The standard InChI is InChI=1S/C29H31F3N6O/c1-36-17-33-35-27(36)28(11-4-12-28)18-5-2-8-22(13-18)38-16-24(29(30,31)32)23-14-19(34-25(23)26(38)39)15-37-20-6-3-7-21(37)10-9-20/h2,5,8,13-14,16-17,20-21,34H,3-4,6-7,9-12,15H2,1H3. The molecular weight excluding hydrogens is 505 g/mol. The molecular formula is C29H31F3N6O. The van der Waals surface area contributed by atoms with Gasteiger partial charge in [0.15, 0.2) is 0 Å². The third-order valence-corrected chi connectivity index (χ3v) is 9.38. The van der Waals surface area contributed by atoms with Crippen molar-refractivity contribution in [3.8, 4) is 5.69 Å². The summed E-state index contributed by atoms with van der Waals surface area (Å²) in [5, 5.41) is 8.33. The molecule has 2 unspecified atom stereocenters. The van der Waals surface area contributed by atoms with Gasteiger partial charge in [0.05, 0.1) is 11.0 Å². The van der Waals surface area contributed by atoms with Crippen LogP contribution in [0.5, 0.6) is 0 Å². The second kappa shape index (κ2) is 8.81. The van der Waals surface area contributed by atoms with E-state index in [0.29, 0.717) is 30.0 Å². The number of H-pyrrole nitrogens is 1. The monoisotopic (exact) mass is 536 g/mol. The van der Waals surface area contributed by atoms with Crippen LogP contribution in [-0.4, -0.2) is 41.3 Å². The molecule has 2 saturated heterocycles. The first-order valence-electron chi connectivity index (χ1n) is 13.8. The molecule has 7 nitrogen and oxygen atoms in total. The lowest BCUT2D eigenvalue weighted by Gasteiger charge is -2.41. The Kier molecular flexibility index (Phi) is 5.56. The van der Waals surface area contributed by atoms with Gasteiger partial charge in [0.1, 0.15) is 17.7 Å². The Morgan fingerprint density at radius 3 is 2.49 bits per heavy atom. The van der Waals surface area contributed by atoms with Crippen LogP contribution in [0, 0.1) is 0 Å². The fourth-order valence-corrected chi connectivity index (χ4v) is 7.29. The van der Waals surface area contributed by atoms with Gasteiger partial charge in [-0.15, -0.1) is 10.2 Å². The SMILES string of the molecule is Cn1cnnc1C1(c2cccc(-n3cc(C(F)(F)F)c4cc(CN5C6CCCC5CC6)[nH]c4c3=O)c2)CCC1. The van der Waals surface area contributed by atoms with Crippen LogP contribution in [0.2, 0.25) is 0 Å². The largest absolute Gasteiger partial charge is 0.418 e. The summed E-state index contributed by atoms with van der Waals surface area (Å²) >= 11 is 0. The number of halogens is 3. The van der Waals surface area contributed by atoms with Crippen LogP contribution in [0.1, 0.15) is 74.0 Å². The zero-order valence-electron chi connectivity index (χ0n) is 21.8. The Labute approximate surface area is 223 Å². The van der Waals surface area contributed by atoms with Crippen molar-refractivity contribution < 1.29 is 13.2 Å². The third kappa shape index (κ3) is 3.86. The summed E-state index contributed by atoms with van der Waals surface area (Å²) in [6.07, 6.45) is 6.49.